The number of quaternary nitrogens is 1. The molecule has 0 aromatic heterocycles. The lowest BCUT2D eigenvalue weighted by Crippen LogP contribution is -2.88. The summed E-state index contributed by atoms with van der Waals surface area (Å²) in [6.45, 7) is 7.63. The Bertz CT molecular complexity index is 663. The Labute approximate surface area is 154 Å². The van der Waals surface area contributed by atoms with Crippen molar-refractivity contribution >= 4 is 11.6 Å². The Hall–Kier alpha value is -1.75. The molecule has 0 fully saturated rings. The first-order valence-corrected chi connectivity index (χ1v) is 9.08. The van der Waals surface area contributed by atoms with E-state index in [4.69, 9.17) is 21.1 Å². The van der Waals surface area contributed by atoms with Crippen LogP contribution in [0.15, 0.2) is 42.5 Å². The molecule has 3 N–H and O–H groups in total. The molecule has 2 aromatic rings. The van der Waals surface area contributed by atoms with Crippen LogP contribution in [0.1, 0.15) is 38.0 Å². The molecule has 0 heterocycles. The van der Waals surface area contributed by atoms with Crippen molar-refractivity contribution in [3.8, 4) is 11.5 Å². The van der Waals surface area contributed by atoms with Gasteiger partial charge in [0.2, 0.25) is 0 Å². The van der Waals surface area contributed by atoms with Crippen molar-refractivity contribution in [2.24, 2.45) is 0 Å². The van der Waals surface area contributed by atoms with E-state index in [1.54, 1.807) is 0 Å². The molecule has 2 rings (SSSR count). The smallest absolute Gasteiger partial charge is 0.179 e. The van der Waals surface area contributed by atoms with Crippen LogP contribution in [-0.4, -0.2) is 24.4 Å². The van der Waals surface area contributed by atoms with E-state index in [-0.39, 0.29) is 6.04 Å². The second-order valence-corrected chi connectivity index (χ2v) is 6.33. The monoisotopic (exact) mass is 364 g/mol. The summed E-state index contributed by atoms with van der Waals surface area (Å²) in [6.07, 6.45) is -0.522. The number of nitrogens with two attached hydrogens (primary N) is 1. The zero-order valence-corrected chi connectivity index (χ0v) is 15.8. The molecule has 136 valence electrons. The van der Waals surface area contributed by atoms with Crippen LogP contribution in [0.3, 0.4) is 0 Å². The highest BCUT2D eigenvalue weighted by atomic mass is 35.5. The standard InChI is InChI=1S/C20H26ClNO3/c1-4-24-18-12-15(11-17(21)20(18)25-5-2)13-22-14(3)19(23)16-9-7-6-8-10-16/h6-12,14,19,22-23H,4-5,13H2,1-3H3/p+1/t14-,19-/m0/s1. The number of aliphatic hydroxyl groups is 1. The van der Waals surface area contributed by atoms with Gasteiger partial charge in [-0.3, -0.25) is 0 Å². The average molecular weight is 365 g/mol. The molecule has 2 atom stereocenters. The minimum absolute atomic E-state index is 0.0169. The van der Waals surface area contributed by atoms with Crippen LogP contribution in [0, 0.1) is 0 Å². The van der Waals surface area contributed by atoms with E-state index in [2.05, 4.69) is 5.32 Å². The highest BCUT2D eigenvalue weighted by Crippen LogP contribution is 2.36. The fraction of sp³-hybridized carbons (Fsp3) is 0.400. The zero-order valence-electron chi connectivity index (χ0n) is 15.0. The Kier molecular flexibility index (Phi) is 7.56. The summed E-state index contributed by atoms with van der Waals surface area (Å²) in [4.78, 5) is 0. The van der Waals surface area contributed by atoms with E-state index in [0.29, 0.717) is 36.3 Å². The van der Waals surface area contributed by atoms with Gasteiger partial charge in [0.15, 0.2) is 11.5 Å². The molecule has 0 saturated carbocycles. The van der Waals surface area contributed by atoms with Gasteiger partial charge in [0, 0.05) is 5.56 Å². The molecule has 0 spiro atoms. The van der Waals surface area contributed by atoms with E-state index >= 15 is 0 Å². The van der Waals surface area contributed by atoms with Gasteiger partial charge in [-0.05, 0) is 38.5 Å². The molecule has 0 bridgehead atoms. The number of hydrogen-bond acceptors (Lipinski definition) is 3. The Morgan fingerprint density at radius 2 is 1.76 bits per heavy atom. The fourth-order valence-corrected chi connectivity index (χ4v) is 2.98. The topological polar surface area (TPSA) is 55.3 Å². The van der Waals surface area contributed by atoms with Crippen LogP contribution in [0.25, 0.3) is 0 Å². The first-order chi connectivity index (χ1) is 12.1. The first-order valence-electron chi connectivity index (χ1n) is 8.71. The highest BCUT2D eigenvalue weighted by molar-refractivity contribution is 6.32. The summed E-state index contributed by atoms with van der Waals surface area (Å²) < 4.78 is 11.3. The molecular formula is C20H27ClNO3+. The largest absolute Gasteiger partial charge is 0.490 e. The Balaban J connectivity index is 2.07. The van der Waals surface area contributed by atoms with Crippen LogP contribution < -0.4 is 14.8 Å². The van der Waals surface area contributed by atoms with E-state index < -0.39 is 6.10 Å². The lowest BCUT2D eigenvalue weighted by Gasteiger charge is -2.19. The zero-order chi connectivity index (χ0) is 18.2. The van der Waals surface area contributed by atoms with Gasteiger partial charge in [-0.25, -0.2) is 0 Å². The Morgan fingerprint density at radius 3 is 2.40 bits per heavy atom. The van der Waals surface area contributed by atoms with Gasteiger partial charge in [0.25, 0.3) is 0 Å². The van der Waals surface area contributed by atoms with Gasteiger partial charge in [0.1, 0.15) is 18.7 Å². The molecule has 0 unspecified atom stereocenters. The summed E-state index contributed by atoms with van der Waals surface area (Å²) in [5.41, 5.74) is 1.95. The number of rotatable bonds is 9. The van der Waals surface area contributed by atoms with Crippen LogP contribution in [-0.2, 0) is 6.54 Å². The van der Waals surface area contributed by atoms with Gasteiger partial charge < -0.3 is 19.9 Å². The molecule has 0 saturated heterocycles. The molecule has 4 nitrogen and oxygen atoms in total. The quantitative estimate of drug-likeness (QED) is 0.717. The summed E-state index contributed by atoms with van der Waals surface area (Å²) in [7, 11) is 0. The minimum atomic E-state index is -0.522. The van der Waals surface area contributed by atoms with Crippen molar-refractivity contribution in [2.75, 3.05) is 13.2 Å². The molecule has 5 heteroatoms. The first kappa shape index (κ1) is 19.6. The van der Waals surface area contributed by atoms with Crippen molar-refractivity contribution in [3.05, 3.63) is 58.6 Å². The Morgan fingerprint density at radius 1 is 1.08 bits per heavy atom. The molecule has 0 amide bonds. The van der Waals surface area contributed by atoms with Crippen molar-refractivity contribution in [1.29, 1.82) is 0 Å². The maximum atomic E-state index is 10.5. The second kappa shape index (κ2) is 9.66. The van der Waals surface area contributed by atoms with E-state index in [0.717, 1.165) is 11.1 Å². The van der Waals surface area contributed by atoms with E-state index in [9.17, 15) is 5.11 Å². The highest BCUT2D eigenvalue weighted by Gasteiger charge is 2.20. The van der Waals surface area contributed by atoms with E-state index in [1.807, 2.05) is 63.2 Å². The summed E-state index contributed by atoms with van der Waals surface area (Å²) in [5, 5.41) is 13.1. The van der Waals surface area contributed by atoms with Crippen LogP contribution in [0.4, 0.5) is 0 Å². The van der Waals surface area contributed by atoms with Crippen LogP contribution in [0.2, 0.25) is 5.02 Å². The summed E-state index contributed by atoms with van der Waals surface area (Å²) in [5.74, 6) is 1.25. The number of hydrogen-bond donors (Lipinski definition) is 2. The normalized spacial score (nSPS) is 13.3. The maximum absolute atomic E-state index is 10.5. The summed E-state index contributed by atoms with van der Waals surface area (Å²) >= 11 is 6.35. The lowest BCUT2D eigenvalue weighted by atomic mass is 10.0. The molecule has 2 aromatic carbocycles. The molecular weight excluding hydrogens is 338 g/mol. The summed E-state index contributed by atoms with van der Waals surface area (Å²) in [6, 6.07) is 13.6. The molecule has 0 radical (unpaired) electrons. The van der Waals surface area contributed by atoms with Crippen LogP contribution >= 0.6 is 11.6 Å². The third-order valence-corrected chi connectivity index (χ3v) is 4.30. The van der Waals surface area contributed by atoms with Gasteiger partial charge in [-0.1, -0.05) is 41.9 Å². The molecule has 0 aliphatic rings. The van der Waals surface area contributed by atoms with Crippen molar-refractivity contribution in [3.63, 3.8) is 0 Å². The number of ether oxygens (including phenoxy) is 2. The van der Waals surface area contributed by atoms with Crippen molar-refractivity contribution in [1.82, 2.24) is 0 Å². The van der Waals surface area contributed by atoms with Crippen molar-refractivity contribution in [2.45, 2.75) is 39.5 Å². The second-order valence-electron chi connectivity index (χ2n) is 5.93. The SMILES string of the molecule is CCOc1cc(C[NH2+][C@@H](C)[C@H](O)c2ccccc2)cc(Cl)c1OCC. The fourth-order valence-electron chi connectivity index (χ4n) is 2.69. The molecule has 0 aliphatic heterocycles. The third kappa shape index (κ3) is 5.36. The number of halogens is 1. The number of aliphatic hydroxyl groups excluding tert-OH is 1. The van der Waals surface area contributed by atoms with Gasteiger partial charge in [-0.2, -0.15) is 0 Å². The van der Waals surface area contributed by atoms with Gasteiger partial charge in [0.05, 0.1) is 18.2 Å². The predicted molar refractivity (Wildman–Crippen MR) is 100 cm³/mol. The van der Waals surface area contributed by atoms with Gasteiger partial charge in [-0.15, -0.1) is 0 Å². The van der Waals surface area contributed by atoms with Gasteiger partial charge >= 0.3 is 0 Å². The maximum Gasteiger partial charge on any atom is 0.179 e. The van der Waals surface area contributed by atoms with E-state index in [1.165, 1.54) is 0 Å². The number of benzene rings is 2. The average Bonchev–Trinajstić information content (AvgIpc) is 2.63. The molecule has 25 heavy (non-hydrogen) atoms. The van der Waals surface area contributed by atoms with Crippen molar-refractivity contribution < 1.29 is 19.9 Å². The molecule has 0 aliphatic carbocycles. The predicted octanol–water partition coefficient (Wildman–Crippen LogP) is 3.32. The minimum Gasteiger partial charge on any atom is -0.490 e. The lowest BCUT2D eigenvalue weighted by molar-refractivity contribution is -0.709. The third-order valence-electron chi connectivity index (χ3n) is 4.02. The van der Waals surface area contributed by atoms with Crippen LogP contribution in [0.5, 0.6) is 11.5 Å².